The van der Waals surface area contributed by atoms with Crippen LogP contribution in [-0.2, 0) is 9.84 Å². The molecule has 0 aliphatic heterocycles. The third-order valence-electron chi connectivity index (χ3n) is 12.7. The van der Waals surface area contributed by atoms with Gasteiger partial charge in [0.15, 0.2) is 0 Å². The van der Waals surface area contributed by atoms with Crippen LogP contribution in [-0.4, -0.2) is 54.1 Å². The Bertz CT molecular complexity index is 990. The molecule has 12 atom stereocenters. The van der Waals surface area contributed by atoms with Crippen molar-refractivity contribution in [1.82, 2.24) is 0 Å². The summed E-state index contributed by atoms with van der Waals surface area (Å²) < 4.78 is 24.1. The van der Waals surface area contributed by atoms with Crippen LogP contribution in [0.5, 0.6) is 0 Å². The van der Waals surface area contributed by atoms with Crippen molar-refractivity contribution in [3.05, 3.63) is 0 Å². The Kier molecular flexibility index (Phi) is 8.57. The van der Waals surface area contributed by atoms with Crippen molar-refractivity contribution < 1.29 is 23.7 Å². The van der Waals surface area contributed by atoms with Crippen molar-refractivity contribution >= 4 is 9.84 Å². The molecule has 0 radical (unpaired) electrons. The predicted octanol–water partition coefficient (Wildman–Crippen LogP) is 6.10. The van der Waals surface area contributed by atoms with E-state index in [0.29, 0.717) is 29.6 Å². The molecule has 0 saturated heterocycles. The van der Waals surface area contributed by atoms with Crippen molar-refractivity contribution in [3.8, 4) is 0 Å². The van der Waals surface area contributed by atoms with Crippen molar-refractivity contribution in [3.63, 3.8) is 0 Å². The van der Waals surface area contributed by atoms with Gasteiger partial charge in [-0.05, 0) is 114 Å². The normalized spacial score (nSPS) is 45.8. The molecule has 4 rings (SSSR count). The fourth-order valence-corrected chi connectivity index (χ4v) is 13.6. The van der Waals surface area contributed by atoms with E-state index in [0.717, 1.165) is 57.8 Å². The molecule has 0 aromatic rings. The smallest absolute Gasteiger partial charge is 0.147 e. The Morgan fingerprint density at radius 2 is 1.56 bits per heavy atom. The number of aliphatic hydroxyl groups excluding tert-OH is 3. The Morgan fingerprint density at radius 3 is 2.15 bits per heavy atom. The van der Waals surface area contributed by atoms with E-state index in [1.54, 1.807) is 0 Å². The maximum Gasteiger partial charge on any atom is 0.147 e. The van der Waals surface area contributed by atoms with E-state index in [9.17, 15) is 23.7 Å². The summed E-state index contributed by atoms with van der Waals surface area (Å²) in [7, 11) is -3.04. The monoisotopic (exact) mass is 568 g/mol. The highest BCUT2D eigenvalue weighted by atomic mass is 32.2. The molecule has 0 spiro atoms. The number of aliphatic hydroxyl groups is 3. The van der Waals surface area contributed by atoms with Gasteiger partial charge >= 0.3 is 0 Å². The van der Waals surface area contributed by atoms with Crippen LogP contribution in [0, 0.1) is 63.1 Å². The highest BCUT2D eigenvalue weighted by Crippen LogP contribution is 2.69. The van der Waals surface area contributed by atoms with E-state index in [1.807, 2.05) is 0 Å². The predicted molar refractivity (Wildman–Crippen MR) is 159 cm³/mol. The molecule has 4 fully saturated rings. The summed E-state index contributed by atoms with van der Waals surface area (Å²) in [5.41, 5.74) is -0.429. The lowest BCUT2D eigenvalue weighted by Crippen LogP contribution is -2.65. The van der Waals surface area contributed by atoms with E-state index >= 15 is 0 Å². The maximum atomic E-state index is 12.1. The van der Waals surface area contributed by atoms with Gasteiger partial charge in [0.2, 0.25) is 0 Å². The first-order chi connectivity index (χ1) is 17.8. The van der Waals surface area contributed by atoms with Crippen molar-refractivity contribution in [1.29, 1.82) is 0 Å². The quantitative estimate of drug-likeness (QED) is 0.329. The zero-order valence-corrected chi connectivity index (χ0v) is 27.2. The zero-order valence-electron chi connectivity index (χ0n) is 26.4. The molecule has 12 unspecified atom stereocenters. The molecule has 4 aliphatic carbocycles. The maximum absolute atomic E-state index is 12.1. The molecular formula is C33H60O5S. The molecule has 4 saturated carbocycles. The van der Waals surface area contributed by atoms with Crippen LogP contribution in [0.3, 0.4) is 0 Å². The Balaban J connectivity index is 1.57. The summed E-state index contributed by atoms with van der Waals surface area (Å²) in [6, 6.07) is 0. The van der Waals surface area contributed by atoms with Gasteiger partial charge in [-0.3, -0.25) is 0 Å². The molecule has 228 valence electrons. The summed E-state index contributed by atoms with van der Waals surface area (Å²) in [6.07, 6.45) is 8.69. The highest BCUT2D eigenvalue weighted by Gasteiger charge is 2.67. The third-order valence-corrected chi connectivity index (χ3v) is 14.0. The highest BCUT2D eigenvalue weighted by molar-refractivity contribution is 7.90. The number of hydrogen-bond acceptors (Lipinski definition) is 5. The van der Waals surface area contributed by atoms with Crippen LogP contribution in [0.1, 0.15) is 113 Å². The molecule has 5 nitrogen and oxygen atoms in total. The van der Waals surface area contributed by atoms with Crippen LogP contribution in [0.4, 0.5) is 0 Å². The van der Waals surface area contributed by atoms with Crippen LogP contribution < -0.4 is 0 Å². The zero-order chi connectivity index (χ0) is 29.3. The lowest BCUT2D eigenvalue weighted by molar-refractivity contribution is -0.228. The lowest BCUT2D eigenvalue weighted by atomic mass is 9.41. The minimum Gasteiger partial charge on any atom is -0.393 e. The SMILES string of the molecule is CCC1C(O)C2C(CC(O)C3(C)C(C(C)CC(C)(C)CC(C)(C)CS(C)(=O)=O)CCC23)C2(C)CCC(O)CC12. The largest absolute Gasteiger partial charge is 0.393 e. The number of hydrogen-bond donors (Lipinski definition) is 3. The molecule has 0 aromatic heterocycles. The lowest BCUT2D eigenvalue weighted by Gasteiger charge is -2.65. The van der Waals surface area contributed by atoms with Gasteiger partial charge in [0.05, 0.1) is 24.1 Å². The molecule has 6 heteroatoms. The fourth-order valence-electron chi connectivity index (χ4n) is 12.0. The van der Waals surface area contributed by atoms with Gasteiger partial charge < -0.3 is 15.3 Å². The van der Waals surface area contributed by atoms with Crippen LogP contribution in [0.15, 0.2) is 0 Å². The third kappa shape index (κ3) is 5.76. The van der Waals surface area contributed by atoms with Crippen LogP contribution >= 0.6 is 0 Å². The first-order valence-electron chi connectivity index (χ1n) is 16.0. The van der Waals surface area contributed by atoms with Gasteiger partial charge in [-0.15, -0.1) is 0 Å². The van der Waals surface area contributed by atoms with E-state index in [2.05, 4.69) is 55.4 Å². The first-order valence-corrected chi connectivity index (χ1v) is 18.0. The molecule has 0 bridgehead atoms. The summed E-state index contributed by atoms with van der Waals surface area (Å²) in [5.74, 6) is 2.40. The minimum atomic E-state index is -3.04. The van der Waals surface area contributed by atoms with Crippen LogP contribution in [0.25, 0.3) is 0 Å². The van der Waals surface area contributed by atoms with E-state index in [-0.39, 0.29) is 57.6 Å². The Hall–Kier alpha value is -0.170. The topological polar surface area (TPSA) is 94.8 Å². The van der Waals surface area contributed by atoms with Gasteiger partial charge in [0.25, 0.3) is 0 Å². The van der Waals surface area contributed by atoms with Gasteiger partial charge in [0, 0.05) is 6.26 Å². The van der Waals surface area contributed by atoms with E-state index < -0.39 is 9.84 Å². The molecule has 3 N–H and O–H groups in total. The van der Waals surface area contributed by atoms with Crippen molar-refractivity contribution in [2.75, 3.05) is 12.0 Å². The first kappa shape index (κ1) is 31.8. The Morgan fingerprint density at radius 1 is 0.923 bits per heavy atom. The van der Waals surface area contributed by atoms with Gasteiger partial charge in [-0.1, -0.05) is 61.8 Å². The number of sulfone groups is 1. The van der Waals surface area contributed by atoms with Crippen molar-refractivity contribution in [2.45, 2.75) is 131 Å². The fraction of sp³-hybridized carbons (Fsp3) is 1.00. The van der Waals surface area contributed by atoms with Gasteiger partial charge in [0.1, 0.15) is 9.84 Å². The molecule has 39 heavy (non-hydrogen) atoms. The second kappa shape index (κ2) is 10.5. The average Bonchev–Trinajstić information content (AvgIpc) is 3.11. The second-order valence-corrected chi connectivity index (χ2v) is 19.1. The van der Waals surface area contributed by atoms with Crippen LogP contribution in [0.2, 0.25) is 0 Å². The molecule has 0 heterocycles. The standard InChI is InChI=1S/C33H60O5S/c1-10-22-25-15-21(34)13-14-32(25,7)26-16-27(35)33(8)23(11-12-24(33)28(26)29(22)36)20(2)17-30(3,4)18-31(5,6)19-39(9,37)38/h20-29,34-36H,10-19H2,1-9H3. The number of fused-ring (bicyclic) bond motifs is 5. The minimum absolute atomic E-state index is 0.00844. The van der Waals surface area contributed by atoms with Crippen molar-refractivity contribution in [2.24, 2.45) is 63.1 Å². The molecule has 0 amide bonds. The van der Waals surface area contributed by atoms with Gasteiger partial charge in [-0.2, -0.15) is 0 Å². The summed E-state index contributed by atoms with van der Waals surface area (Å²) in [6.45, 7) is 18.0. The van der Waals surface area contributed by atoms with E-state index in [1.165, 1.54) is 6.26 Å². The van der Waals surface area contributed by atoms with E-state index in [4.69, 9.17) is 0 Å². The molecule has 0 aromatic carbocycles. The second-order valence-electron chi connectivity index (χ2n) is 17.0. The number of rotatable bonds is 8. The Labute approximate surface area is 239 Å². The summed E-state index contributed by atoms with van der Waals surface area (Å²) in [5, 5.41) is 34.5. The summed E-state index contributed by atoms with van der Waals surface area (Å²) >= 11 is 0. The molecule has 4 aliphatic rings. The molecular weight excluding hydrogens is 508 g/mol. The van der Waals surface area contributed by atoms with Gasteiger partial charge in [-0.25, -0.2) is 8.42 Å². The summed E-state index contributed by atoms with van der Waals surface area (Å²) in [4.78, 5) is 0. The average molecular weight is 569 g/mol.